The maximum Gasteiger partial charge on any atom is 0.125 e. The van der Waals surface area contributed by atoms with E-state index in [0.717, 1.165) is 44.5 Å². The van der Waals surface area contributed by atoms with Crippen molar-refractivity contribution in [2.24, 2.45) is 0 Å². The summed E-state index contributed by atoms with van der Waals surface area (Å²) in [5.74, 6) is 0.762. The van der Waals surface area contributed by atoms with Crippen LogP contribution in [0.4, 0.5) is 0 Å². The van der Waals surface area contributed by atoms with Crippen LogP contribution in [0.25, 0.3) is 0 Å². The second kappa shape index (κ2) is 7.70. The van der Waals surface area contributed by atoms with Crippen LogP contribution < -0.4 is 0 Å². The zero-order chi connectivity index (χ0) is 21.5. The second-order valence-corrected chi connectivity index (χ2v) is 8.03. The van der Waals surface area contributed by atoms with Gasteiger partial charge >= 0.3 is 0 Å². The quantitative estimate of drug-likeness (QED) is 0.490. The van der Waals surface area contributed by atoms with Crippen molar-refractivity contribution in [3.8, 4) is 23.0 Å². The van der Waals surface area contributed by atoms with Crippen molar-refractivity contribution in [1.29, 1.82) is 0 Å². The number of phenols is 4. The van der Waals surface area contributed by atoms with E-state index in [2.05, 4.69) is 0 Å². The number of hydrogen-bond acceptors (Lipinski definition) is 4. The average Bonchev–Trinajstić information content (AvgIpc) is 2.66. The van der Waals surface area contributed by atoms with E-state index in [9.17, 15) is 20.4 Å². The summed E-state index contributed by atoms with van der Waals surface area (Å²) >= 11 is 0. The smallest absolute Gasteiger partial charge is 0.125 e. The number of rotatable bonds is 4. The maximum atomic E-state index is 10.6. The molecule has 3 aromatic carbocycles. The number of phenolic OH excluding ortho intramolecular Hbond substituents is 4. The Balaban J connectivity index is 2.01. The molecule has 0 unspecified atom stereocenters. The summed E-state index contributed by atoms with van der Waals surface area (Å²) in [4.78, 5) is 0. The van der Waals surface area contributed by atoms with Crippen molar-refractivity contribution >= 4 is 0 Å². The van der Waals surface area contributed by atoms with Gasteiger partial charge in [-0.1, -0.05) is 24.3 Å². The number of aromatic hydroxyl groups is 4. The van der Waals surface area contributed by atoms with E-state index >= 15 is 0 Å². The third-order valence-corrected chi connectivity index (χ3v) is 5.56. The van der Waals surface area contributed by atoms with E-state index in [1.807, 2.05) is 58.0 Å². The summed E-state index contributed by atoms with van der Waals surface area (Å²) in [6, 6.07) is 9.49. The van der Waals surface area contributed by atoms with Gasteiger partial charge in [0.05, 0.1) is 0 Å². The summed E-state index contributed by atoms with van der Waals surface area (Å²) in [5.41, 5.74) is 7.07. The SMILES string of the molecule is Cc1cc(Cc2cc(Cc3cc(C)c(O)c(C)c3)c(O)c(C)c2O)cc(C)c1O. The minimum atomic E-state index is 0.0905. The fraction of sp³-hybridized carbons (Fsp3) is 0.280. The van der Waals surface area contributed by atoms with Crippen molar-refractivity contribution in [2.75, 3.05) is 0 Å². The molecule has 0 aliphatic heterocycles. The Morgan fingerprint density at radius 3 is 1.10 bits per heavy atom. The Morgan fingerprint density at radius 2 is 0.793 bits per heavy atom. The third-order valence-electron chi connectivity index (χ3n) is 5.56. The van der Waals surface area contributed by atoms with Crippen LogP contribution in [0.3, 0.4) is 0 Å². The molecule has 4 N–H and O–H groups in total. The van der Waals surface area contributed by atoms with Crippen molar-refractivity contribution in [3.05, 3.63) is 80.4 Å². The molecule has 152 valence electrons. The number of benzene rings is 3. The minimum absolute atomic E-state index is 0.0905. The molecule has 0 aliphatic rings. The van der Waals surface area contributed by atoms with E-state index in [-0.39, 0.29) is 11.5 Å². The van der Waals surface area contributed by atoms with Crippen LogP contribution >= 0.6 is 0 Å². The lowest BCUT2D eigenvalue weighted by atomic mass is 9.92. The molecule has 0 atom stereocenters. The maximum absolute atomic E-state index is 10.6. The average molecular weight is 392 g/mol. The fourth-order valence-electron chi connectivity index (χ4n) is 3.95. The molecule has 29 heavy (non-hydrogen) atoms. The van der Waals surface area contributed by atoms with Crippen LogP contribution in [-0.4, -0.2) is 20.4 Å². The Labute approximate surface area is 171 Å². The van der Waals surface area contributed by atoms with Gasteiger partial charge in [0, 0.05) is 18.4 Å². The molecular weight excluding hydrogens is 364 g/mol. The van der Waals surface area contributed by atoms with Crippen LogP contribution in [-0.2, 0) is 12.8 Å². The highest BCUT2D eigenvalue weighted by atomic mass is 16.3. The molecule has 0 saturated heterocycles. The van der Waals surface area contributed by atoms with Gasteiger partial charge in [-0.15, -0.1) is 0 Å². The Morgan fingerprint density at radius 1 is 0.483 bits per heavy atom. The van der Waals surface area contributed by atoms with Crippen LogP contribution in [0.5, 0.6) is 23.0 Å². The van der Waals surface area contributed by atoms with Gasteiger partial charge in [0.2, 0.25) is 0 Å². The molecular formula is C25H28O4. The molecule has 4 nitrogen and oxygen atoms in total. The molecule has 3 rings (SSSR count). The van der Waals surface area contributed by atoms with Crippen LogP contribution in [0.2, 0.25) is 0 Å². The predicted molar refractivity (Wildman–Crippen MR) is 115 cm³/mol. The molecule has 0 bridgehead atoms. The molecule has 0 radical (unpaired) electrons. The second-order valence-electron chi connectivity index (χ2n) is 8.03. The highest BCUT2D eigenvalue weighted by molar-refractivity contribution is 5.56. The Kier molecular flexibility index (Phi) is 5.47. The van der Waals surface area contributed by atoms with E-state index < -0.39 is 0 Å². The summed E-state index contributed by atoms with van der Waals surface area (Å²) < 4.78 is 0. The van der Waals surface area contributed by atoms with Crippen molar-refractivity contribution in [2.45, 2.75) is 47.5 Å². The van der Waals surface area contributed by atoms with Gasteiger partial charge in [0.25, 0.3) is 0 Å². The van der Waals surface area contributed by atoms with Crippen LogP contribution in [0, 0.1) is 34.6 Å². The summed E-state index contributed by atoms with van der Waals surface area (Å²) in [6.45, 7) is 9.13. The molecule has 0 fully saturated rings. The molecule has 0 heterocycles. The van der Waals surface area contributed by atoms with E-state index in [4.69, 9.17) is 0 Å². The van der Waals surface area contributed by atoms with E-state index in [0.29, 0.717) is 29.9 Å². The normalized spacial score (nSPS) is 11.1. The zero-order valence-electron chi connectivity index (χ0n) is 17.6. The van der Waals surface area contributed by atoms with Gasteiger partial charge in [0.15, 0.2) is 0 Å². The molecule has 3 aromatic rings. The van der Waals surface area contributed by atoms with Gasteiger partial charge in [-0.05, 0) is 85.2 Å². The lowest BCUT2D eigenvalue weighted by Crippen LogP contribution is -1.98. The zero-order valence-corrected chi connectivity index (χ0v) is 17.6. The molecule has 0 aromatic heterocycles. The van der Waals surface area contributed by atoms with Gasteiger partial charge in [0.1, 0.15) is 23.0 Å². The van der Waals surface area contributed by atoms with Gasteiger partial charge in [-0.2, -0.15) is 0 Å². The minimum Gasteiger partial charge on any atom is -0.507 e. The van der Waals surface area contributed by atoms with E-state index in [1.54, 1.807) is 6.92 Å². The topological polar surface area (TPSA) is 80.9 Å². The van der Waals surface area contributed by atoms with Gasteiger partial charge in [-0.3, -0.25) is 0 Å². The van der Waals surface area contributed by atoms with E-state index in [1.165, 1.54) is 0 Å². The summed E-state index contributed by atoms with van der Waals surface area (Å²) in [5, 5.41) is 41.2. The molecule has 0 amide bonds. The fourth-order valence-corrected chi connectivity index (χ4v) is 3.95. The Hall–Kier alpha value is -3.14. The van der Waals surface area contributed by atoms with Crippen molar-refractivity contribution < 1.29 is 20.4 Å². The first kappa shape index (κ1) is 20.6. The molecule has 0 saturated carbocycles. The van der Waals surface area contributed by atoms with Crippen molar-refractivity contribution in [3.63, 3.8) is 0 Å². The predicted octanol–water partition coefficient (Wildman–Crippen LogP) is 5.23. The third kappa shape index (κ3) is 4.02. The molecule has 0 aliphatic carbocycles. The van der Waals surface area contributed by atoms with Gasteiger partial charge in [-0.25, -0.2) is 0 Å². The number of aryl methyl sites for hydroxylation is 4. The lowest BCUT2D eigenvalue weighted by Gasteiger charge is -2.16. The lowest BCUT2D eigenvalue weighted by molar-refractivity contribution is 0.436. The first-order chi connectivity index (χ1) is 13.6. The monoisotopic (exact) mass is 392 g/mol. The Bertz CT molecular complexity index is 967. The van der Waals surface area contributed by atoms with Crippen LogP contribution in [0.15, 0.2) is 30.3 Å². The van der Waals surface area contributed by atoms with Crippen LogP contribution in [0.1, 0.15) is 50.1 Å². The first-order valence-electron chi connectivity index (χ1n) is 9.70. The largest absolute Gasteiger partial charge is 0.507 e. The summed E-state index contributed by atoms with van der Waals surface area (Å²) in [6.07, 6.45) is 0.991. The van der Waals surface area contributed by atoms with Crippen molar-refractivity contribution in [1.82, 2.24) is 0 Å². The highest BCUT2D eigenvalue weighted by Crippen LogP contribution is 2.37. The first-order valence-corrected chi connectivity index (χ1v) is 9.70. The highest BCUT2D eigenvalue weighted by Gasteiger charge is 2.16. The van der Waals surface area contributed by atoms with Gasteiger partial charge < -0.3 is 20.4 Å². The standard InChI is InChI=1S/C25H28O4/c1-13-6-18(7-14(2)22(13)26)10-20-12-21(25(29)17(5)24(20)28)11-19-8-15(3)23(27)16(4)9-19/h6-9,12,26-29H,10-11H2,1-5H3. The molecule has 4 heteroatoms. The summed E-state index contributed by atoms with van der Waals surface area (Å²) in [7, 11) is 0. The number of hydrogen-bond donors (Lipinski definition) is 4. The molecule has 0 spiro atoms.